The summed E-state index contributed by atoms with van der Waals surface area (Å²) in [4.78, 5) is 0. The van der Waals surface area contributed by atoms with Crippen LogP contribution in [0, 0.1) is 0 Å². The number of hydrogen-bond acceptors (Lipinski definition) is 2. The molecule has 2 rings (SSSR count). The molecule has 0 bridgehead atoms. The number of benzene rings is 1. The summed E-state index contributed by atoms with van der Waals surface area (Å²) in [6.07, 6.45) is 6.81. The van der Waals surface area contributed by atoms with Gasteiger partial charge >= 0.3 is 0 Å². The summed E-state index contributed by atoms with van der Waals surface area (Å²) in [6.45, 7) is 2.57. The highest BCUT2D eigenvalue weighted by atomic mass is 79.9. The lowest BCUT2D eigenvalue weighted by Gasteiger charge is -2.03. The molecule has 3 heteroatoms. The molecular formula is C15H19BrO2. The molecule has 0 saturated carbocycles. The van der Waals surface area contributed by atoms with Gasteiger partial charge in [-0.05, 0) is 43.4 Å². The van der Waals surface area contributed by atoms with Crippen molar-refractivity contribution in [3.05, 3.63) is 35.4 Å². The highest BCUT2D eigenvalue weighted by Gasteiger charge is 2.12. The molecule has 1 aromatic rings. The minimum atomic E-state index is 0.351. The van der Waals surface area contributed by atoms with Crippen LogP contribution < -0.4 is 9.47 Å². The van der Waals surface area contributed by atoms with Crippen LogP contribution in [0.15, 0.2) is 29.8 Å². The van der Waals surface area contributed by atoms with Gasteiger partial charge in [-0.25, -0.2) is 0 Å². The number of fused-ring (bicyclic) bond motifs is 1. The summed E-state index contributed by atoms with van der Waals surface area (Å²) in [5.41, 5.74) is 2.84. The van der Waals surface area contributed by atoms with E-state index in [1.807, 2.05) is 6.07 Å². The van der Waals surface area contributed by atoms with Gasteiger partial charge in [0, 0.05) is 5.33 Å². The lowest BCUT2D eigenvalue weighted by molar-refractivity contribution is 0.174. The van der Waals surface area contributed by atoms with Crippen molar-refractivity contribution in [2.24, 2.45) is 0 Å². The highest BCUT2D eigenvalue weighted by molar-refractivity contribution is 9.09. The van der Waals surface area contributed by atoms with Crippen LogP contribution in [0.4, 0.5) is 0 Å². The van der Waals surface area contributed by atoms with Gasteiger partial charge in [-0.15, -0.1) is 0 Å². The highest BCUT2D eigenvalue weighted by Crippen LogP contribution is 2.32. The quantitative estimate of drug-likeness (QED) is 0.570. The van der Waals surface area contributed by atoms with Gasteiger partial charge in [-0.1, -0.05) is 40.6 Å². The van der Waals surface area contributed by atoms with Crippen LogP contribution in [0.2, 0.25) is 0 Å². The van der Waals surface area contributed by atoms with E-state index in [0.29, 0.717) is 6.79 Å². The Morgan fingerprint density at radius 1 is 1.33 bits per heavy atom. The van der Waals surface area contributed by atoms with Crippen molar-refractivity contribution < 1.29 is 9.47 Å². The molecule has 18 heavy (non-hydrogen) atoms. The lowest BCUT2D eigenvalue weighted by Crippen LogP contribution is -1.93. The smallest absolute Gasteiger partial charge is 0.231 e. The van der Waals surface area contributed by atoms with Gasteiger partial charge in [0.15, 0.2) is 11.5 Å². The zero-order chi connectivity index (χ0) is 12.8. The molecule has 1 aliphatic heterocycles. The summed E-state index contributed by atoms with van der Waals surface area (Å²) in [5.74, 6) is 1.75. The van der Waals surface area contributed by atoms with E-state index in [1.54, 1.807) is 0 Å². The van der Waals surface area contributed by atoms with E-state index >= 15 is 0 Å². The second kappa shape index (κ2) is 6.83. The predicted molar refractivity (Wildman–Crippen MR) is 77.7 cm³/mol. The van der Waals surface area contributed by atoms with E-state index < -0.39 is 0 Å². The summed E-state index contributed by atoms with van der Waals surface area (Å²) >= 11 is 3.49. The van der Waals surface area contributed by atoms with Crippen LogP contribution in [0.25, 0.3) is 0 Å². The molecular weight excluding hydrogens is 292 g/mol. The minimum absolute atomic E-state index is 0.351. The van der Waals surface area contributed by atoms with E-state index in [4.69, 9.17) is 9.47 Å². The van der Waals surface area contributed by atoms with Gasteiger partial charge < -0.3 is 9.47 Å². The van der Waals surface area contributed by atoms with Gasteiger partial charge in [0.1, 0.15) is 0 Å². The molecule has 0 spiro atoms. The van der Waals surface area contributed by atoms with Crippen LogP contribution in [0.3, 0.4) is 0 Å². The second-order valence-electron chi connectivity index (χ2n) is 4.38. The molecule has 0 atom stereocenters. The molecule has 0 aromatic heterocycles. The van der Waals surface area contributed by atoms with E-state index in [1.165, 1.54) is 11.1 Å². The number of rotatable bonds is 6. The summed E-state index contributed by atoms with van der Waals surface area (Å²) < 4.78 is 10.7. The first-order valence-electron chi connectivity index (χ1n) is 6.46. The van der Waals surface area contributed by atoms with Crippen molar-refractivity contribution in [1.29, 1.82) is 0 Å². The Morgan fingerprint density at radius 3 is 2.94 bits per heavy atom. The Morgan fingerprint density at radius 2 is 2.17 bits per heavy atom. The predicted octanol–water partition coefficient (Wildman–Crippen LogP) is 4.47. The molecule has 0 N–H and O–H groups in total. The van der Waals surface area contributed by atoms with Crippen LogP contribution in [0.5, 0.6) is 11.5 Å². The van der Waals surface area contributed by atoms with Crippen LogP contribution in [-0.2, 0) is 6.42 Å². The zero-order valence-electron chi connectivity index (χ0n) is 10.7. The molecule has 1 aliphatic rings. The Bertz CT molecular complexity index is 427. The maximum absolute atomic E-state index is 5.38. The van der Waals surface area contributed by atoms with Crippen LogP contribution >= 0.6 is 15.9 Å². The SMILES string of the molecule is CCC(=CCCc1ccc2c(c1)OCO2)CCBr. The van der Waals surface area contributed by atoms with Crippen molar-refractivity contribution >= 4 is 15.9 Å². The van der Waals surface area contributed by atoms with E-state index in [2.05, 4.69) is 41.1 Å². The number of hydrogen-bond donors (Lipinski definition) is 0. The third-order valence-corrected chi connectivity index (χ3v) is 3.57. The second-order valence-corrected chi connectivity index (χ2v) is 5.17. The minimum Gasteiger partial charge on any atom is -0.454 e. The topological polar surface area (TPSA) is 18.5 Å². The summed E-state index contributed by atoms with van der Waals surface area (Å²) in [6, 6.07) is 6.21. The first-order valence-corrected chi connectivity index (χ1v) is 7.58. The number of halogens is 1. The van der Waals surface area contributed by atoms with Crippen molar-refractivity contribution in [3.63, 3.8) is 0 Å². The van der Waals surface area contributed by atoms with Crippen molar-refractivity contribution in [1.82, 2.24) is 0 Å². The Kier molecular flexibility index (Phi) is 5.12. The lowest BCUT2D eigenvalue weighted by atomic mass is 10.1. The number of allylic oxidation sites excluding steroid dienone is 2. The molecule has 1 aromatic carbocycles. The van der Waals surface area contributed by atoms with Crippen LogP contribution in [-0.4, -0.2) is 12.1 Å². The van der Waals surface area contributed by atoms with Gasteiger partial charge in [-0.2, -0.15) is 0 Å². The van der Waals surface area contributed by atoms with Gasteiger partial charge in [0.25, 0.3) is 0 Å². The number of ether oxygens (including phenoxy) is 2. The van der Waals surface area contributed by atoms with Crippen LogP contribution in [0.1, 0.15) is 31.7 Å². The molecule has 0 unspecified atom stereocenters. The van der Waals surface area contributed by atoms with E-state index in [-0.39, 0.29) is 0 Å². The average molecular weight is 311 g/mol. The third-order valence-electron chi connectivity index (χ3n) is 3.17. The Labute approximate surface area is 117 Å². The van der Waals surface area contributed by atoms with E-state index in [9.17, 15) is 0 Å². The van der Waals surface area contributed by atoms with Crippen molar-refractivity contribution in [2.75, 3.05) is 12.1 Å². The molecule has 0 saturated heterocycles. The molecule has 0 aliphatic carbocycles. The maximum Gasteiger partial charge on any atom is 0.231 e. The number of aryl methyl sites for hydroxylation is 1. The molecule has 0 radical (unpaired) electrons. The number of alkyl halides is 1. The zero-order valence-corrected chi connectivity index (χ0v) is 12.3. The standard InChI is InChI=1S/C15H19BrO2/c1-2-12(8-9-16)4-3-5-13-6-7-14-15(10-13)18-11-17-14/h4,6-7,10H,2-3,5,8-9,11H2,1H3. The fourth-order valence-electron chi connectivity index (χ4n) is 2.08. The van der Waals surface area contributed by atoms with Crippen molar-refractivity contribution in [3.8, 4) is 11.5 Å². The van der Waals surface area contributed by atoms with Crippen molar-refractivity contribution in [2.45, 2.75) is 32.6 Å². The molecule has 98 valence electrons. The Balaban J connectivity index is 1.90. The average Bonchev–Trinajstić information content (AvgIpc) is 2.85. The summed E-state index contributed by atoms with van der Waals surface area (Å²) in [7, 11) is 0. The summed E-state index contributed by atoms with van der Waals surface area (Å²) in [5, 5.41) is 1.05. The normalized spacial score (nSPS) is 14.0. The van der Waals surface area contributed by atoms with Gasteiger partial charge in [0.05, 0.1) is 0 Å². The molecule has 1 heterocycles. The molecule has 0 fully saturated rings. The Hall–Kier alpha value is -0.960. The first-order chi connectivity index (χ1) is 8.83. The third kappa shape index (κ3) is 3.52. The fourth-order valence-corrected chi connectivity index (χ4v) is 2.59. The van der Waals surface area contributed by atoms with Gasteiger partial charge in [0.2, 0.25) is 6.79 Å². The maximum atomic E-state index is 5.38. The molecule has 2 nitrogen and oxygen atoms in total. The largest absolute Gasteiger partial charge is 0.454 e. The monoisotopic (exact) mass is 310 g/mol. The van der Waals surface area contributed by atoms with Gasteiger partial charge in [-0.3, -0.25) is 0 Å². The fraction of sp³-hybridized carbons (Fsp3) is 0.467. The first kappa shape index (κ1) is 13.5. The van der Waals surface area contributed by atoms with E-state index in [0.717, 1.165) is 42.5 Å². The molecule has 0 amide bonds.